The van der Waals surface area contributed by atoms with Crippen LogP contribution in [-0.4, -0.2) is 36.7 Å². The first kappa shape index (κ1) is 17.8. The second-order valence-electron chi connectivity index (χ2n) is 6.27. The number of carboxylic acids is 1. The average Bonchev–Trinajstić information content (AvgIpc) is 2.94. The van der Waals surface area contributed by atoms with E-state index in [-0.39, 0.29) is 24.2 Å². The Labute approximate surface area is 148 Å². The van der Waals surface area contributed by atoms with Crippen LogP contribution in [0.15, 0.2) is 18.2 Å². The molecule has 1 aliphatic heterocycles. The van der Waals surface area contributed by atoms with Gasteiger partial charge in [0.15, 0.2) is 0 Å². The lowest BCUT2D eigenvalue weighted by atomic mass is 9.86. The van der Waals surface area contributed by atoms with Crippen LogP contribution >= 0.6 is 11.3 Å². The number of hydrogen-bond donors (Lipinski definition) is 2. The first-order valence-corrected chi connectivity index (χ1v) is 9.07. The summed E-state index contributed by atoms with van der Waals surface area (Å²) in [5.74, 6) is -2.26. The Bertz CT molecular complexity index is 798. The highest BCUT2D eigenvalue weighted by atomic mass is 32.1. The molecule has 1 fully saturated rings. The summed E-state index contributed by atoms with van der Waals surface area (Å²) in [5.41, 5.74) is 0.591. The molecule has 1 unspecified atom stereocenters. The van der Waals surface area contributed by atoms with Gasteiger partial charge in [-0.3, -0.25) is 9.59 Å². The number of aliphatic carboxylic acids is 1. The van der Waals surface area contributed by atoms with E-state index in [0.717, 1.165) is 0 Å². The van der Waals surface area contributed by atoms with Crippen LogP contribution < -0.4 is 5.32 Å². The Hall–Kier alpha value is -1.99. The minimum absolute atomic E-state index is 0.00695. The molecule has 0 spiro atoms. The number of benzene rings is 1. The zero-order valence-electron chi connectivity index (χ0n) is 13.9. The maximum atomic E-state index is 14.0. The number of carboxylic acid groups (broad SMARTS) is 1. The van der Waals surface area contributed by atoms with Crippen molar-refractivity contribution in [3.05, 3.63) is 34.5 Å². The Morgan fingerprint density at radius 2 is 2.12 bits per heavy atom. The van der Waals surface area contributed by atoms with Gasteiger partial charge < -0.3 is 15.2 Å². The molecule has 1 atom stereocenters. The van der Waals surface area contributed by atoms with Crippen LogP contribution in [0, 0.1) is 24.6 Å². The lowest BCUT2D eigenvalue weighted by Crippen LogP contribution is -2.38. The molecule has 5 nitrogen and oxygen atoms in total. The van der Waals surface area contributed by atoms with E-state index in [1.807, 2.05) is 0 Å². The third kappa shape index (κ3) is 3.67. The first-order valence-electron chi connectivity index (χ1n) is 8.25. The number of aryl methyl sites for hydroxylation is 1. The summed E-state index contributed by atoms with van der Waals surface area (Å²) >= 11 is 1.22. The first-order chi connectivity index (χ1) is 12.0. The molecule has 0 radical (unpaired) electrons. The largest absolute Gasteiger partial charge is 0.481 e. The van der Waals surface area contributed by atoms with Crippen molar-refractivity contribution < 1.29 is 23.8 Å². The molecule has 2 heterocycles. The molecule has 3 rings (SSSR count). The van der Waals surface area contributed by atoms with Gasteiger partial charge in [-0.05, 0) is 43.4 Å². The predicted octanol–water partition coefficient (Wildman–Crippen LogP) is 3.21. The van der Waals surface area contributed by atoms with E-state index < -0.39 is 11.9 Å². The van der Waals surface area contributed by atoms with Crippen molar-refractivity contribution >= 4 is 33.3 Å². The van der Waals surface area contributed by atoms with Crippen molar-refractivity contribution in [3.8, 4) is 0 Å². The zero-order chi connectivity index (χ0) is 18.0. The number of thiophene rings is 1. The highest BCUT2D eigenvalue weighted by Gasteiger charge is 2.30. The van der Waals surface area contributed by atoms with Crippen LogP contribution in [0.4, 0.5) is 4.39 Å². The maximum absolute atomic E-state index is 14.0. The molecule has 1 amide bonds. The van der Waals surface area contributed by atoms with Crippen molar-refractivity contribution in [1.82, 2.24) is 5.32 Å². The van der Waals surface area contributed by atoms with Crippen molar-refractivity contribution in [3.63, 3.8) is 0 Å². The molecular formula is C18H20FNO4S. The van der Waals surface area contributed by atoms with E-state index in [2.05, 4.69) is 5.32 Å². The number of nitrogens with one attached hydrogen (secondary N) is 1. The Morgan fingerprint density at radius 3 is 2.76 bits per heavy atom. The Kier molecular flexibility index (Phi) is 5.34. The summed E-state index contributed by atoms with van der Waals surface area (Å²) in [4.78, 5) is 24.5. The number of hydrogen-bond acceptors (Lipinski definition) is 4. The van der Waals surface area contributed by atoms with Gasteiger partial charge in [-0.15, -0.1) is 11.3 Å². The normalized spacial score (nSPS) is 16.7. The van der Waals surface area contributed by atoms with Crippen LogP contribution in [0.3, 0.4) is 0 Å². The van der Waals surface area contributed by atoms with Gasteiger partial charge in [0, 0.05) is 29.8 Å². The van der Waals surface area contributed by atoms with Crippen molar-refractivity contribution in [2.45, 2.75) is 19.8 Å². The summed E-state index contributed by atoms with van der Waals surface area (Å²) in [6.45, 7) is 2.88. The summed E-state index contributed by atoms with van der Waals surface area (Å²) in [5, 5.41) is 12.7. The number of ether oxygens (including phenoxy) is 1. The highest BCUT2D eigenvalue weighted by Crippen LogP contribution is 2.32. The molecule has 0 saturated carbocycles. The van der Waals surface area contributed by atoms with Crippen LogP contribution in [0.5, 0.6) is 0 Å². The summed E-state index contributed by atoms with van der Waals surface area (Å²) in [6.07, 6.45) is 1.36. The molecule has 2 N–H and O–H groups in total. The Balaban J connectivity index is 1.74. The molecule has 1 aliphatic rings. The SMILES string of the molecule is Cc1c(C(=O)NCC(C(=O)O)C2CCOCC2)sc2cccc(F)c12. The van der Waals surface area contributed by atoms with E-state index in [4.69, 9.17) is 4.74 Å². The van der Waals surface area contributed by atoms with Gasteiger partial charge in [0.2, 0.25) is 0 Å². The number of carbonyl (C=O) groups is 2. The van der Waals surface area contributed by atoms with Crippen molar-refractivity contribution in [2.75, 3.05) is 19.8 Å². The van der Waals surface area contributed by atoms with Crippen LogP contribution in [0.2, 0.25) is 0 Å². The minimum Gasteiger partial charge on any atom is -0.481 e. The molecule has 0 bridgehead atoms. The fourth-order valence-corrected chi connectivity index (χ4v) is 4.47. The minimum atomic E-state index is -0.911. The van der Waals surface area contributed by atoms with Gasteiger partial charge >= 0.3 is 5.97 Å². The molecule has 1 aromatic heterocycles. The topological polar surface area (TPSA) is 75.6 Å². The summed E-state index contributed by atoms with van der Waals surface area (Å²) in [7, 11) is 0. The fourth-order valence-electron chi connectivity index (χ4n) is 3.33. The molecule has 25 heavy (non-hydrogen) atoms. The zero-order valence-corrected chi connectivity index (χ0v) is 14.7. The van der Waals surface area contributed by atoms with E-state index >= 15 is 0 Å². The number of halogens is 1. The Morgan fingerprint density at radius 1 is 1.40 bits per heavy atom. The molecule has 2 aromatic rings. The summed E-state index contributed by atoms with van der Waals surface area (Å²) in [6, 6.07) is 4.76. The molecular weight excluding hydrogens is 345 g/mol. The summed E-state index contributed by atoms with van der Waals surface area (Å²) < 4.78 is 20.0. The average molecular weight is 365 g/mol. The maximum Gasteiger partial charge on any atom is 0.308 e. The van der Waals surface area contributed by atoms with Gasteiger partial charge in [-0.25, -0.2) is 4.39 Å². The smallest absolute Gasteiger partial charge is 0.308 e. The monoisotopic (exact) mass is 365 g/mol. The number of rotatable bonds is 5. The number of carbonyl (C=O) groups excluding carboxylic acids is 1. The van der Waals surface area contributed by atoms with E-state index in [9.17, 15) is 19.1 Å². The predicted molar refractivity (Wildman–Crippen MR) is 93.5 cm³/mol. The number of fused-ring (bicyclic) bond motifs is 1. The highest BCUT2D eigenvalue weighted by molar-refractivity contribution is 7.21. The fraction of sp³-hybridized carbons (Fsp3) is 0.444. The number of amides is 1. The molecule has 0 aliphatic carbocycles. The molecule has 1 aromatic carbocycles. The van der Waals surface area contributed by atoms with Crippen molar-refractivity contribution in [2.24, 2.45) is 11.8 Å². The standard InChI is InChI=1S/C18H20FNO4S/c1-10-15-13(19)3-2-4-14(15)25-16(10)17(21)20-9-12(18(22)23)11-5-7-24-8-6-11/h2-4,11-12H,5-9H2,1H3,(H,20,21)(H,22,23). The van der Waals surface area contributed by atoms with E-state index in [1.54, 1.807) is 19.1 Å². The van der Waals surface area contributed by atoms with Gasteiger partial charge in [-0.2, -0.15) is 0 Å². The van der Waals surface area contributed by atoms with Gasteiger partial charge in [0.05, 0.1) is 10.8 Å². The van der Waals surface area contributed by atoms with Crippen LogP contribution in [0.1, 0.15) is 28.1 Å². The molecule has 134 valence electrons. The third-order valence-corrected chi connectivity index (χ3v) is 6.00. The van der Waals surface area contributed by atoms with E-state index in [0.29, 0.717) is 46.6 Å². The lowest BCUT2D eigenvalue weighted by Gasteiger charge is -2.27. The van der Waals surface area contributed by atoms with Crippen molar-refractivity contribution in [1.29, 1.82) is 0 Å². The lowest BCUT2D eigenvalue weighted by molar-refractivity contribution is -0.144. The molecule has 1 saturated heterocycles. The van der Waals surface area contributed by atoms with Gasteiger partial charge in [0.25, 0.3) is 5.91 Å². The van der Waals surface area contributed by atoms with E-state index in [1.165, 1.54) is 17.4 Å². The van der Waals surface area contributed by atoms with Gasteiger partial charge in [-0.1, -0.05) is 6.07 Å². The van der Waals surface area contributed by atoms with Gasteiger partial charge in [0.1, 0.15) is 5.82 Å². The third-order valence-electron chi connectivity index (χ3n) is 4.74. The van der Waals surface area contributed by atoms with Crippen LogP contribution in [-0.2, 0) is 9.53 Å². The second kappa shape index (κ2) is 7.49. The molecule has 7 heteroatoms. The van der Waals surface area contributed by atoms with Crippen LogP contribution in [0.25, 0.3) is 10.1 Å². The quantitative estimate of drug-likeness (QED) is 0.853. The second-order valence-corrected chi connectivity index (χ2v) is 7.33.